The minimum Gasteiger partial charge on any atom is -0.494 e. The van der Waals surface area contributed by atoms with Gasteiger partial charge in [-0.25, -0.2) is 13.4 Å². The first kappa shape index (κ1) is 22.0. The molecule has 1 aromatic heterocycles. The van der Waals surface area contributed by atoms with E-state index < -0.39 is 9.84 Å². The zero-order chi connectivity index (χ0) is 21.6. The van der Waals surface area contributed by atoms with Gasteiger partial charge < -0.3 is 10.1 Å². The second-order valence-corrected chi connectivity index (χ2v) is 9.82. The van der Waals surface area contributed by atoms with Gasteiger partial charge in [0.25, 0.3) is 0 Å². The third-order valence-corrected chi connectivity index (χ3v) is 6.91. The smallest absolute Gasteiger partial charge is 0.230 e. The van der Waals surface area contributed by atoms with Crippen molar-refractivity contribution >= 4 is 32.2 Å². The van der Waals surface area contributed by atoms with E-state index in [1.165, 1.54) is 23.5 Å². The summed E-state index contributed by atoms with van der Waals surface area (Å²) in [4.78, 5) is 17.1. The van der Waals surface area contributed by atoms with Gasteiger partial charge in [-0.1, -0.05) is 26.0 Å². The van der Waals surface area contributed by atoms with Crippen LogP contribution in [0.1, 0.15) is 25.8 Å². The molecule has 0 aliphatic carbocycles. The van der Waals surface area contributed by atoms with Crippen LogP contribution in [0.15, 0.2) is 58.8 Å². The monoisotopic (exact) mass is 444 g/mol. The Labute approximate surface area is 180 Å². The Morgan fingerprint density at radius 2 is 1.77 bits per heavy atom. The molecule has 0 spiro atoms. The Bertz CT molecular complexity index is 1090. The number of nitrogens with zero attached hydrogens (tertiary/aromatic N) is 1. The average molecular weight is 445 g/mol. The summed E-state index contributed by atoms with van der Waals surface area (Å²) in [5.41, 5.74) is 2.47. The quantitative estimate of drug-likeness (QED) is 0.522. The summed E-state index contributed by atoms with van der Waals surface area (Å²) in [5.74, 6) is 0.667. The number of carbonyl (C=O) groups is 1. The fourth-order valence-corrected chi connectivity index (χ4v) is 4.36. The third-order valence-electron chi connectivity index (χ3n) is 4.40. The molecule has 1 heterocycles. The molecule has 158 valence electrons. The predicted octanol–water partition coefficient (Wildman–Crippen LogP) is 4.57. The van der Waals surface area contributed by atoms with Gasteiger partial charge >= 0.3 is 0 Å². The highest BCUT2D eigenvalue weighted by Gasteiger charge is 2.13. The first-order valence-corrected chi connectivity index (χ1v) is 12.2. The summed E-state index contributed by atoms with van der Waals surface area (Å²) in [7, 11) is -3.24. The molecule has 0 aliphatic heterocycles. The molecule has 0 radical (unpaired) electrons. The van der Waals surface area contributed by atoms with Crippen LogP contribution in [-0.4, -0.2) is 31.7 Å². The van der Waals surface area contributed by atoms with Crippen LogP contribution in [0.2, 0.25) is 0 Å². The van der Waals surface area contributed by atoms with Gasteiger partial charge in [-0.15, -0.1) is 11.3 Å². The van der Waals surface area contributed by atoms with Crippen LogP contribution < -0.4 is 10.1 Å². The molecule has 0 unspecified atom stereocenters. The van der Waals surface area contributed by atoms with Crippen molar-refractivity contribution in [2.45, 2.75) is 31.6 Å². The van der Waals surface area contributed by atoms with E-state index in [9.17, 15) is 13.2 Å². The van der Waals surface area contributed by atoms with E-state index in [4.69, 9.17) is 4.74 Å². The fourth-order valence-electron chi connectivity index (χ4n) is 2.74. The molecular formula is C22H24N2O4S2. The molecule has 0 atom stereocenters. The van der Waals surface area contributed by atoms with Crippen molar-refractivity contribution in [2.24, 2.45) is 0 Å². The lowest BCUT2D eigenvalue weighted by Crippen LogP contribution is -2.14. The van der Waals surface area contributed by atoms with Gasteiger partial charge in [0.2, 0.25) is 5.91 Å². The molecule has 8 heteroatoms. The van der Waals surface area contributed by atoms with Gasteiger partial charge in [-0.05, 0) is 48.4 Å². The zero-order valence-electron chi connectivity index (χ0n) is 16.9. The number of anilines is 1. The van der Waals surface area contributed by atoms with Crippen molar-refractivity contribution in [1.29, 1.82) is 0 Å². The lowest BCUT2D eigenvalue weighted by molar-refractivity contribution is -0.115. The topological polar surface area (TPSA) is 85.4 Å². The van der Waals surface area contributed by atoms with Crippen molar-refractivity contribution in [3.63, 3.8) is 0 Å². The lowest BCUT2D eigenvalue weighted by Gasteiger charge is -2.05. The lowest BCUT2D eigenvalue weighted by atomic mass is 10.1. The van der Waals surface area contributed by atoms with Gasteiger partial charge in [0.15, 0.2) is 15.0 Å². The fraction of sp³-hybridized carbons (Fsp3) is 0.273. The number of benzene rings is 2. The largest absolute Gasteiger partial charge is 0.494 e. The van der Waals surface area contributed by atoms with Crippen LogP contribution in [0, 0.1) is 0 Å². The van der Waals surface area contributed by atoms with Crippen LogP contribution in [0.5, 0.6) is 5.75 Å². The van der Waals surface area contributed by atoms with E-state index in [1.54, 1.807) is 19.1 Å². The number of sulfone groups is 1. The maximum Gasteiger partial charge on any atom is 0.230 e. The van der Waals surface area contributed by atoms with E-state index in [0.29, 0.717) is 11.7 Å². The highest BCUT2D eigenvalue weighted by Crippen LogP contribution is 2.26. The van der Waals surface area contributed by atoms with Crippen LogP contribution in [0.4, 0.5) is 5.13 Å². The zero-order valence-corrected chi connectivity index (χ0v) is 18.6. The summed E-state index contributed by atoms with van der Waals surface area (Å²) in [6.45, 7) is 4.35. The number of ether oxygens (including phenoxy) is 1. The third kappa shape index (κ3) is 5.67. The SMILES string of the molecule is CCCOc1ccc(-c2csc(NC(=O)Cc3ccc(S(=O)(=O)CC)cc3)n2)cc1. The first-order valence-electron chi connectivity index (χ1n) is 9.71. The number of hydrogen-bond acceptors (Lipinski definition) is 6. The molecule has 3 rings (SSSR count). The maximum absolute atomic E-state index is 12.3. The summed E-state index contributed by atoms with van der Waals surface area (Å²) in [6, 6.07) is 14.1. The highest BCUT2D eigenvalue weighted by atomic mass is 32.2. The molecule has 1 N–H and O–H groups in total. The first-order chi connectivity index (χ1) is 14.4. The average Bonchev–Trinajstić information content (AvgIpc) is 3.21. The van der Waals surface area contributed by atoms with Crippen LogP contribution in [-0.2, 0) is 21.1 Å². The van der Waals surface area contributed by atoms with Crippen molar-refractivity contribution in [2.75, 3.05) is 17.7 Å². The summed E-state index contributed by atoms with van der Waals surface area (Å²) >= 11 is 1.36. The molecule has 0 aliphatic rings. The number of hydrogen-bond donors (Lipinski definition) is 1. The number of thiazole rings is 1. The molecule has 3 aromatic rings. The molecule has 2 aromatic carbocycles. The Morgan fingerprint density at radius 1 is 1.07 bits per heavy atom. The van der Waals surface area contributed by atoms with Gasteiger partial charge in [0, 0.05) is 10.9 Å². The highest BCUT2D eigenvalue weighted by molar-refractivity contribution is 7.91. The van der Waals surface area contributed by atoms with Crippen molar-refractivity contribution in [3.8, 4) is 17.0 Å². The van der Waals surface area contributed by atoms with E-state index in [1.807, 2.05) is 29.6 Å². The standard InChI is InChI=1S/C22H24N2O4S2/c1-3-13-28-18-9-7-17(8-10-18)20-15-29-22(23-20)24-21(25)14-16-5-11-19(12-6-16)30(26,27)4-2/h5-12,15H,3-4,13-14H2,1-2H3,(H,23,24,25). The molecule has 1 amide bonds. The number of aromatic nitrogens is 1. The van der Waals surface area contributed by atoms with E-state index in [-0.39, 0.29) is 23.0 Å². The summed E-state index contributed by atoms with van der Waals surface area (Å²) in [5, 5.41) is 5.21. The molecule has 0 bridgehead atoms. The summed E-state index contributed by atoms with van der Waals surface area (Å²) in [6.07, 6.45) is 1.10. The predicted molar refractivity (Wildman–Crippen MR) is 120 cm³/mol. The summed E-state index contributed by atoms with van der Waals surface area (Å²) < 4.78 is 29.3. The normalized spacial score (nSPS) is 11.3. The Morgan fingerprint density at radius 3 is 2.40 bits per heavy atom. The molecule has 0 saturated carbocycles. The van der Waals surface area contributed by atoms with Crippen LogP contribution in [0.3, 0.4) is 0 Å². The van der Waals surface area contributed by atoms with Gasteiger partial charge in [0.1, 0.15) is 5.75 Å². The van der Waals surface area contributed by atoms with Gasteiger partial charge in [-0.2, -0.15) is 0 Å². The minimum atomic E-state index is -3.24. The van der Waals surface area contributed by atoms with Crippen molar-refractivity contribution in [1.82, 2.24) is 4.98 Å². The second kappa shape index (κ2) is 9.86. The Hall–Kier alpha value is -2.71. The van der Waals surface area contributed by atoms with Gasteiger partial charge in [0.05, 0.1) is 29.4 Å². The maximum atomic E-state index is 12.3. The second-order valence-electron chi connectivity index (χ2n) is 6.68. The number of nitrogens with one attached hydrogen (secondary N) is 1. The number of carbonyl (C=O) groups excluding carboxylic acids is 1. The van der Waals surface area contributed by atoms with E-state index in [2.05, 4.69) is 17.2 Å². The van der Waals surface area contributed by atoms with Crippen LogP contribution in [0.25, 0.3) is 11.3 Å². The molecule has 0 saturated heterocycles. The van der Waals surface area contributed by atoms with E-state index in [0.717, 1.165) is 29.0 Å². The number of rotatable bonds is 9. The minimum absolute atomic E-state index is 0.0493. The van der Waals surface area contributed by atoms with Crippen molar-refractivity contribution < 1.29 is 17.9 Å². The van der Waals surface area contributed by atoms with Crippen LogP contribution >= 0.6 is 11.3 Å². The van der Waals surface area contributed by atoms with Gasteiger partial charge in [-0.3, -0.25) is 4.79 Å². The molecule has 30 heavy (non-hydrogen) atoms. The molecule has 6 nitrogen and oxygen atoms in total. The molecule has 0 fully saturated rings. The Balaban J connectivity index is 1.59. The number of amides is 1. The van der Waals surface area contributed by atoms with Crippen molar-refractivity contribution in [3.05, 3.63) is 59.5 Å². The van der Waals surface area contributed by atoms with E-state index >= 15 is 0 Å². The Kier molecular flexibility index (Phi) is 7.23. The molecular weight excluding hydrogens is 420 g/mol.